The van der Waals surface area contributed by atoms with Gasteiger partial charge in [0.25, 0.3) is 0 Å². The van der Waals surface area contributed by atoms with Gasteiger partial charge in [0.1, 0.15) is 18.3 Å². The highest BCUT2D eigenvalue weighted by Crippen LogP contribution is 2.23. The Bertz CT molecular complexity index is 394. The van der Waals surface area contributed by atoms with Crippen LogP contribution in [0.2, 0.25) is 0 Å². The van der Waals surface area contributed by atoms with Crippen molar-refractivity contribution in [2.75, 3.05) is 13.7 Å². The molecule has 1 fully saturated rings. The number of unbranched alkanes of at least 4 members (excludes halogenated alkanes) is 8. The first-order valence-corrected chi connectivity index (χ1v) is 9.98. The quantitative estimate of drug-likeness (QED) is 0.430. The molecular formula is C19H36NO6-. The van der Waals surface area contributed by atoms with Crippen molar-refractivity contribution in [3.8, 4) is 0 Å². The molecule has 0 spiro atoms. The summed E-state index contributed by atoms with van der Waals surface area (Å²) in [7, 11) is 1.45. The molecule has 3 N–H and O–H groups in total. The molecule has 1 aliphatic rings. The fourth-order valence-electron chi connectivity index (χ4n) is 3.41. The van der Waals surface area contributed by atoms with E-state index in [-0.39, 0.29) is 5.91 Å². The van der Waals surface area contributed by atoms with Gasteiger partial charge in [-0.05, 0) is 6.42 Å². The number of nitrogens with zero attached hydrogens (tertiary/aromatic N) is 1. The molecule has 0 aromatic rings. The van der Waals surface area contributed by atoms with E-state index in [1.54, 1.807) is 0 Å². The van der Waals surface area contributed by atoms with Crippen LogP contribution >= 0.6 is 0 Å². The minimum absolute atomic E-state index is 0.240. The summed E-state index contributed by atoms with van der Waals surface area (Å²) in [5.41, 5.74) is 0. The molecule has 154 valence electrons. The van der Waals surface area contributed by atoms with Crippen molar-refractivity contribution in [2.24, 2.45) is 0 Å². The highest BCUT2D eigenvalue weighted by Gasteiger charge is 2.42. The zero-order valence-corrected chi connectivity index (χ0v) is 16.2. The van der Waals surface area contributed by atoms with Crippen molar-refractivity contribution in [1.82, 2.24) is 4.90 Å². The van der Waals surface area contributed by atoms with Gasteiger partial charge < -0.3 is 30.1 Å². The third-order valence-electron chi connectivity index (χ3n) is 5.18. The van der Waals surface area contributed by atoms with Crippen molar-refractivity contribution in [2.45, 2.75) is 102 Å². The number of amides is 1. The van der Waals surface area contributed by atoms with Crippen LogP contribution < -0.4 is 5.11 Å². The number of rotatable bonds is 12. The maximum absolute atomic E-state index is 12.3. The maximum Gasteiger partial charge on any atom is 0.222 e. The largest absolute Gasteiger partial charge is 0.829 e. The van der Waals surface area contributed by atoms with Gasteiger partial charge in [-0.1, -0.05) is 58.3 Å². The number of carbonyl (C=O) groups is 1. The van der Waals surface area contributed by atoms with Gasteiger partial charge in [0, 0.05) is 19.8 Å². The summed E-state index contributed by atoms with van der Waals surface area (Å²) in [5, 5.41) is 41.2. The molecule has 26 heavy (non-hydrogen) atoms. The molecular weight excluding hydrogens is 338 g/mol. The van der Waals surface area contributed by atoms with Crippen LogP contribution in [0.15, 0.2) is 0 Å². The second kappa shape index (κ2) is 12.6. The predicted molar refractivity (Wildman–Crippen MR) is 96.2 cm³/mol. The highest BCUT2D eigenvalue weighted by atomic mass is 16.6. The van der Waals surface area contributed by atoms with E-state index in [1.807, 2.05) is 0 Å². The average molecular weight is 374 g/mol. The van der Waals surface area contributed by atoms with E-state index >= 15 is 0 Å². The fraction of sp³-hybridized carbons (Fsp3) is 0.947. The Morgan fingerprint density at radius 3 is 2.08 bits per heavy atom. The van der Waals surface area contributed by atoms with Crippen LogP contribution in [0.25, 0.3) is 0 Å². The second-order valence-corrected chi connectivity index (χ2v) is 7.28. The SMILES string of the molecule is CCCCCCCCCCCC(=O)N(C)[C@@H]1[C@@H](O)[C@H](O)[C@@H](CO)O[C@@H]1[O-]. The number of aliphatic hydroxyl groups excluding tert-OH is 3. The third-order valence-corrected chi connectivity index (χ3v) is 5.18. The highest BCUT2D eigenvalue weighted by molar-refractivity contribution is 5.76. The van der Waals surface area contributed by atoms with Crippen molar-refractivity contribution in [1.29, 1.82) is 0 Å². The Balaban J connectivity index is 2.27. The van der Waals surface area contributed by atoms with Gasteiger partial charge in [0.15, 0.2) is 0 Å². The summed E-state index contributed by atoms with van der Waals surface area (Å²) < 4.78 is 4.99. The molecule has 1 aliphatic heterocycles. The molecule has 7 nitrogen and oxygen atoms in total. The first kappa shape index (κ1) is 23.3. The molecule has 0 aromatic carbocycles. The van der Waals surface area contributed by atoms with Crippen LogP contribution in [0, 0.1) is 0 Å². The van der Waals surface area contributed by atoms with Crippen molar-refractivity contribution >= 4 is 5.91 Å². The van der Waals surface area contributed by atoms with Gasteiger partial charge in [-0.15, -0.1) is 0 Å². The van der Waals surface area contributed by atoms with Crippen LogP contribution in [0.5, 0.6) is 0 Å². The van der Waals surface area contributed by atoms with Gasteiger partial charge in [-0.25, -0.2) is 0 Å². The van der Waals surface area contributed by atoms with Crippen LogP contribution in [-0.2, 0) is 9.53 Å². The van der Waals surface area contributed by atoms with Crippen molar-refractivity contribution in [3.05, 3.63) is 0 Å². The Kier molecular flexibility index (Phi) is 11.3. The van der Waals surface area contributed by atoms with Crippen LogP contribution in [0.4, 0.5) is 0 Å². The number of ether oxygens (including phenoxy) is 1. The summed E-state index contributed by atoms with van der Waals surface area (Å²) in [4.78, 5) is 13.5. The standard InChI is InChI=1S/C19H36NO6/c1-3-4-5-6-7-8-9-10-11-12-15(22)20(2)16-18(24)17(23)14(13-21)26-19(16)25/h14,16-19,21,23-24H,3-13H2,1-2H3/q-1/t14-,16-,17-,18-,19+/m1/s1. The topological polar surface area (TPSA) is 113 Å². The normalized spacial score (nSPS) is 28.9. The van der Waals surface area contributed by atoms with E-state index in [4.69, 9.17) is 9.84 Å². The molecule has 7 heteroatoms. The molecule has 1 heterocycles. The molecule has 1 saturated heterocycles. The number of hydrogen-bond acceptors (Lipinski definition) is 6. The summed E-state index contributed by atoms with van der Waals surface area (Å²) in [6, 6.07) is -1.15. The van der Waals surface area contributed by atoms with Gasteiger partial charge in [-0.3, -0.25) is 4.79 Å². The first-order valence-electron chi connectivity index (χ1n) is 9.98. The van der Waals surface area contributed by atoms with E-state index in [2.05, 4.69) is 6.92 Å². The Hall–Kier alpha value is -0.730. The van der Waals surface area contributed by atoms with Crippen molar-refractivity contribution in [3.63, 3.8) is 0 Å². The lowest BCUT2D eigenvalue weighted by Crippen LogP contribution is -2.67. The van der Waals surface area contributed by atoms with Crippen LogP contribution in [0.1, 0.15) is 71.1 Å². The summed E-state index contributed by atoms with van der Waals surface area (Å²) in [5.74, 6) is -0.240. The van der Waals surface area contributed by atoms with Gasteiger partial charge in [-0.2, -0.15) is 0 Å². The second-order valence-electron chi connectivity index (χ2n) is 7.28. The molecule has 0 radical (unpaired) electrons. The van der Waals surface area contributed by atoms with Gasteiger partial charge >= 0.3 is 0 Å². The fourth-order valence-corrected chi connectivity index (χ4v) is 3.41. The lowest BCUT2D eigenvalue weighted by atomic mass is 9.95. The molecule has 0 aromatic heterocycles. The van der Waals surface area contributed by atoms with E-state index in [0.717, 1.165) is 19.3 Å². The van der Waals surface area contributed by atoms with E-state index in [1.165, 1.54) is 50.5 Å². The lowest BCUT2D eigenvalue weighted by Gasteiger charge is -2.49. The predicted octanol–water partition coefficient (Wildman–Crippen LogP) is 0.534. The molecule has 0 unspecified atom stereocenters. The molecule has 1 rings (SSSR count). The Morgan fingerprint density at radius 1 is 1.00 bits per heavy atom. The third kappa shape index (κ3) is 7.12. The zero-order valence-electron chi connectivity index (χ0n) is 16.2. The Labute approximate surface area is 157 Å². The first-order chi connectivity index (χ1) is 12.4. The van der Waals surface area contributed by atoms with E-state index in [9.17, 15) is 20.1 Å². The number of hydrogen-bond donors (Lipinski definition) is 3. The number of carbonyl (C=O) groups excluding carboxylic acids is 1. The van der Waals surface area contributed by atoms with Gasteiger partial charge in [0.2, 0.25) is 5.91 Å². The molecule has 1 amide bonds. The smallest absolute Gasteiger partial charge is 0.222 e. The van der Waals surface area contributed by atoms with Gasteiger partial charge in [0.05, 0.1) is 12.6 Å². The van der Waals surface area contributed by atoms with Crippen LogP contribution in [0.3, 0.4) is 0 Å². The minimum atomic E-state index is -1.69. The number of likely N-dealkylation sites (N-methyl/N-ethyl adjacent to an activating group) is 1. The molecule has 0 saturated carbocycles. The minimum Gasteiger partial charge on any atom is -0.829 e. The monoisotopic (exact) mass is 374 g/mol. The molecule has 0 aliphatic carbocycles. The molecule has 5 atom stereocenters. The Morgan fingerprint density at radius 2 is 1.54 bits per heavy atom. The summed E-state index contributed by atoms with van der Waals surface area (Å²) in [6.07, 6.45) is 5.01. The van der Waals surface area contributed by atoms with E-state index in [0.29, 0.717) is 6.42 Å². The summed E-state index contributed by atoms with van der Waals surface area (Å²) >= 11 is 0. The average Bonchev–Trinajstić information content (AvgIpc) is 2.63. The van der Waals surface area contributed by atoms with Crippen molar-refractivity contribution < 1.29 is 30.0 Å². The number of aliphatic hydroxyl groups is 3. The van der Waals surface area contributed by atoms with Crippen LogP contribution in [-0.4, -0.2) is 70.4 Å². The molecule has 0 bridgehead atoms. The maximum atomic E-state index is 12.3. The van der Waals surface area contributed by atoms with E-state index < -0.39 is 37.3 Å². The zero-order chi connectivity index (χ0) is 19.5. The summed E-state index contributed by atoms with van der Waals surface area (Å²) in [6.45, 7) is 1.65. The lowest BCUT2D eigenvalue weighted by molar-refractivity contribution is -0.524.